The summed E-state index contributed by atoms with van der Waals surface area (Å²) in [6.45, 7) is 14.5. The molecule has 0 fully saturated rings. The van der Waals surface area contributed by atoms with Gasteiger partial charge in [-0.25, -0.2) is 4.98 Å². The van der Waals surface area contributed by atoms with Gasteiger partial charge in [0.05, 0.1) is 35.6 Å². The zero-order valence-corrected chi connectivity index (χ0v) is 17.3. The summed E-state index contributed by atoms with van der Waals surface area (Å²) in [6, 6.07) is 2.38. The van der Waals surface area contributed by atoms with Crippen LogP contribution in [0.2, 0.25) is 0 Å². The Morgan fingerprint density at radius 2 is 1.85 bits per heavy atom. The summed E-state index contributed by atoms with van der Waals surface area (Å²) in [7, 11) is 0. The maximum Gasteiger partial charge on any atom is 0.0951 e. The maximum absolute atomic E-state index is 4.71. The second-order valence-electron chi connectivity index (χ2n) is 6.92. The molecule has 3 rings (SSSR count). The standard InChI is InChI=1S/C19H28N6.ClH/c1-7-8-24-17(6)19(16(5)22-24)18-10-20-12-23(18)11-15(4)25-14(3)9-13(2)21-25;/h9-10,12,15H,7-8,11H2,1-6H3;1H. The van der Waals surface area contributed by atoms with Crippen molar-refractivity contribution in [2.24, 2.45) is 0 Å². The van der Waals surface area contributed by atoms with E-state index in [0.717, 1.165) is 36.6 Å². The van der Waals surface area contributed by atoms with E-state index in [-0.39, 0.29) is 18.4 Å². The second kappa shape index (κ2) is 8.08. The number of hydrogen-bond donors (Lipinski definition) is 0. The zero-order chi connectivity index (χ0) is 18.1. The highest BCUT2D eigenvalue weighted by Gasteiger charge is 2.18. The van der Waals surface area contributed by atoms with E-state index in [1.807, 2.05) is 19.4 Å². The summed E-state index contributed by atoms with van der Waals surface area (Å²) in [6.07, 6.45) is 4.93. The lowest BCUT2D eigenvalue weighted by Crippen LogP contribution is -2.16. The van der Waals surface area contributed by atoms with Gasteiger partial charge in [0.15, 0.2) is 0 Å². The molecule has 0 spiro atoms. The molecule has 0 bridgehead atoms. The Morgan fingerprint density at radius 1 is 1.12 bits per heavy atom. The van der Waals surface area contributed by atoms with E-state index in [9.17, 15) is 0 Å². The number of aryl methyl sites for hydroxylation is 4. The van der Waals surface area contributed by atoms with E-state index in [0.29, 0.717) is 0 Å². The van der Waals surface area contributed by atoms with Gasteiger partial charge in [0.1, 0.15) is 0 Å². The van der Waals surface area contributed by atoms with E-state index in [1.54, 1.807) is 0 Å². The van der Waals surface area contributed by atoms with Crippen LogP contribution in [0.15, 0.2) is 18.6 Å². The largest absolute Gasteiger partial charge is 0.328 e. The van der Waals surface area contributed by atoms with Crippen molar-refractivity contribution < 1.29 is 0 Å². The maximum atomic E-state index is 4.71. The first-order chi connectivity index (χ1) is 11.9. The molecule has 1 unspecified atom stereocenters. The summed E-state index contributed by atoms with van der Waals surface area (Å²) in [5.41, 5.74) is 6.85. The fourth-order valence-electron chi connectivity index (χ4n) is 3.63. The molecular formula is C19H29ClN6. The highest BCUT2D eigenvalue weighted by atomic mass is 35.5. The number of rotatable bonds is 6. The minimum Gasteiger partial charge on any atom is -0.328 e. The van der Waals surface area contributed by atoms with Gasteiger partial charge in [0, 0.05) is 30.0 Å². The van der Waals surface area contributed by atoms with Gasteiger partial charge < -0.3 is 4.57 Å². The van der Waals surface area contributed by atoms with Crippen LogP contribution in [0.5, 0.6) is 0 Å². The summed E-state index contributed by atoms with van der Waals surface area (Å²) in [4.78, 5) is 4.41. The second-order valence-corrected chi connectivity index (χ2v) is 6.92. The van der Waals surface area contributed by atoms with E-state index < -0.39 is 0 Å². The van der Waals surface area contributed by atoms with Crippen molar-refractivity contribution in [3.8, 4) is 11.3 Å². The van der Waals surface area contributed by atoms with Gasteiger partial charge in [-0.15, -0.1) is 12.4 Å². The third-order valence-electron chi connectivity index (χ3n) is 4.71. The number of halogens is 1. The van der Waals surface area contributed by atoms with E-state index in [4.69, 9.17) is 5.10 Å². The Balaban J connectivity index is 0.00000243. The molecule has 0 aliphatic carbocycles. The molecule has 0 saturated heterocycles. The van der Waals surface area contributed by atoms with E-state index >= 15 is 0 Å². The lowest BCUT2D eigenvalue weighted by molar-refractivity contribution is 0.418. The van der Waals surface area contributed by atoms with Gasteiger partial charge in [0.25, 0.3) is 0 Å². The number of imidazole rings is 1. The van der Waals surface area contributed by atoms with Crippen molar-refractivity contribution >= 4 is 12.4 Å². The minimum absolute atomic E-state index is 0. The van der Waals surface area contributed by atoms with Crippen molar-refractivity contribution in [2.75, 3.05) is 0 Å². The predicted molar refractivity (Wildman–Crippen MR) is 107 cm³/mol. The fourth-order valence-corrected chi connectivity index (χ4v) is 3.63. The van der Waals surface area contributed by atoms with Crippen LogP contribution >= 0.6 is 12.4 Å². The highest BCUT2D eigenvalue weighted by molar-refractivity contribution is 5.85. The first-order valence-corrected chi connectivity index (χ1v) is 8.99. The van der Waals surface area contributed by atoms with Crippen LogP contribution in [0.4, 0.5) is 0 Å². The minimum atomic E-state index is 0. The van der Waals surface area contributed by atoms with E-state index in [1.165, 1.54) is 17.0 Å². The molecule has 0 aliphatic heterocycles. The van der Waals surface area contributed by atoms with Crippen molar-refractivity contribution in [2.45, 2.75) is 67.1 Å². The molecule has 7 heteroatoms. The molecule has 0 N–H and O–H groups in total. The molecule has 1 atom stereocenters. The summed E-state index contributed by atoms with van der Waals surface area (Å²) < 4.78 is 6.42. The summed E-state index contributed by atoms with van der Waals surface area (Å²) >= 11 is 0. The van der Waals surface area contributed by atoms with Gasteiger partial charge in [-0.3, -0.25) is 9.36 Å². The summed E-state index contributed by atoms with van der Waals surface area (Å²) in [5.74, 6) is 0. The number of hydrogen-bond acceptors (Lipinski definition) is 3. The van der Waals surface area contributed by atoms with Gasteiger partial charge in [-0.05, 0) is 47.1 Å². The smallest absolute Gasteiger partial charge is 0.0951 e. The zero-order valence-electron chi connectivity index (χ0n) is 16.5. The first-order valence-electron chi connectivity index (χ1n) is 8.99. The topological polar surface area (TPSA) is 53.5 Å². The van der Waals surface area contributed by atoms with Crippen LogP contribution in [0.3, 0.4) is 0 Å². The van der Waals surface area contributed by atoms with Crippen molar-refractivity contribution in [1.29, 1.82) is 0 Å². The van der Waals surface area contributed by atoms with E-state index in [2.05, 4.69) is 64.7 Å². The van der Waals surface area contributed by atoms with Crippen molar-refractivity contribution in [3.05, 3.63) is 41.4 Å². The molecular weight excluding hydrogens is 348 g/mol. The van der Waals surface area contributed by atoms with Crippen LogP contribution < -0.4 is 0 Å². The molecule has 26 heavy (non-hydrogen) atoms. The normalized spacial score (nSPS) is 12.2. The van der Waals surface area contributed by atoms with Gasteiger partial charge in [-0.1, -0.05) is 6.92 Å². The Morgan fingerprint density at radius 3 is 2.46 bits per heavy atom. The molecule has 0 amide bonds. The lowest BCUT2D eigenvalue weighted by atomic mass is 10.1. The Bertz CT molecular complexity index is 873. The van der Waals surface area contributed by atoms with Gasteiger partial charge in [-0.2, -0.15) is 10.2 Å². The molecule has 3 aromatic rings. The molecule has 3 aromatic heterocycles. The fraction of sp³-hybridized carbons (Fsp3) is 0.526. The molecule has 3 heterocycles. The number of nitrogens with zero attached hydrogens (tertiary/aromatic N) is 6. The van der Waals surface area contributed by atoms with Crippen molar-refractivity contribution in [3.63, 3.8) is 0 Å². The lowest BCUT2D eigenvalue weighted by Gasteiger charge is -2.17. The molecule has 0 saturated carbocycles. The molecule has 142 valence electrons. The van der Waals surface area contributed by atoms with Crippen LogP contribution in [-0.2, 0) is 13.1 Å². The molecule has 0 radical (unpaired) electrons. The van der Waals surface area contributed by atoms with Crippen molar-refractivity contribution in [1.82, 2.24) is 29.1 Å². The van der Waals surface area contributed by atoms with Crippen LogP contribution in [-0.4, -0.2) is 29.1 Å². The quantitative estimate of drug-likeness (QED) is 0.645. The third kappa shape index (κ3) is 3.70. The Kier molecular flexibility index (Phi) is 6.29. The molecule has 0 aliphatic rings. The monoisotopic (exact) mass is 376 g/mol. The van der Waals surface area contributed by atoms with Gasteiger partial charge >= 0.3 is 0 Å². The van der Waals surface area contributed by atoms with Crippen LogP contribution in [0.1, 0.15) is 49.1 Å². The van der Waals surface area contributed by atoms with Crippen LogP contribution in [0, 0.1) is 27.7 Å². The molecule has 0 aromatic carbocycles. The SMILES string of the molecule is CCCn1nc(C)c(-c2cncn2CC(C)n2nc(C)cc2C)c1C.Cl. The first kappa shape index (κ1) is 20.2. The average Bonchev–Trinajstić information content (AvgIpc) is 3.19. The Hall–Kier alpha value is -2.08. The number of aromatic nitrogens is 6. The average molecular weight is 377 g/mol. The highest BCUT2D eigenvalue weighted by Crippen LogP contribution is 2.28. The Labute approximate surface area is 161 Å². The summed E-state index contributed by atoms with van der Waals surface area (Å²) in [5, 5.41) is 9.33. The van der Waals surface area contributed by atoms with Gasteiger partial charge in [0.2, 0.25) is 0 Å². The molecule has 6 nitrogen and oxygen atoms in total. The predicted octanol–water partition coefficient (Wildman–Crippen LogP) is 4.27. The van der Waals surface area contributed by atoms with Crippen LogP contribution in [0.25, 0.3) is 11.3 Å². The third-order valence-corrected chi connectivity index (χ3v) is 4.71.